The minimum Gasteiger partial charge on any atom is -0.387 e. The molecule has 1 atom stereocenters. The number of rotatable bonds is 5. The van der Waals surface area contributed by atoms with Crippen LogP contribution in [0.2, 0.25) is 5.02 Å². The van der Waals surface area contributed by atoms with Crippen molar-refractivity contribution in [1.29, 1.82) is 0 Å². The molecule has 5 nitrogen and oxygen atoms in total. The van der Waals surface area contributed by atoms with Gasteiger partial charge in [0.15, 0.2) is 5.65 Å². The molecule has 0 saturated carbocycles. The van der Waals surface area contributed by atoms with Crippen LogP contribution in [0, 0.1) is 0 Å². The fourth-order valence-electron chi connectivity index (χ4n) is 1.56. The highest BCUT2D eigenvalue weighted by Gasteiger charge is 2.19. The third-order valence-corrected chi connectivity index (χ3v) is 3.51. The molecule has 1 unspecified atom stereocenters. The number of fused-ring (bicyclic) bond motifs is 1. The minimum atomic E-state index is -0.783. The average Bonchev–Trinajstić information content (AvgIpc) is 2.68. The van der Waals surface area contributed by atoms with Crippen LogP contribution < -0.4 is 5.32 Å². The molecule has 2 rings (SSSR count). The summed E-state index contributed by atoms with van der Waals surface area (Å²) in [6.45, 7) is 2.18. The van der Waals surface area contributed by atoms with Gasteiger partial charge in [-0.25, -0.2) is 4.52 Å². The molecule has 0 aliphatic carbocycles. The van der Waals surface area contributed by atoms with Gasteiger partial charge in [0.25, 0.3) is 0 Å². The van der Waals surface area contributed by atoms with Crippen LogP contribution in [-0.4, -0.2) is 43.9 Å². The molecule has 98 valence electrons. The van der Waals surface area contributed by atoms with Gasteiger partial charge in [0, 0.05) is 18.5 Å². The lowest BCUT2D eigenvalue weighted by atomic mass is 10.1. The van der Waals surface area contributed by atoms with Crippen LogP contribution in [-0.2, 0) is 0 Å². The summed E-state index contributed by atoms with van der Waals surface area (Å²) in [5.41, 5.74) is -0.0689. The van der Waals surface area contributed by atoms with Crippen LogP contribution in [0.5, 0.6) is 0 Å². The molecular formula is C11H15ClN4OS. The first kappa shape index (κ1) is 13.5. The smallest absolute Gasteiger partial charge is 0.243 e. The van der Waals surface area contributed by atoms with Crippen molar-refractivity contribution in [3.05, 3.63) is 23.4 Å². The van der Waals surface area contributed by atoms with Gasteiger partial charge < -0.3 is 10.4 Å². The number of pyridine rings is 1. The lowest BCUT2D eigenvalue weighted by Gasteiger charge is -2.21. The van der Waals surface area contributed by atoms with Crippen LogP contribution in [0.15, 0.2) is 18.3 Å². The van der Waals surface area contributed by atoms with Gasteiger partial charge >= 0.3 is 0 Å². The summed E-state index contributed by atoms with van der Waals surface area (Å²) >= 11 is 7.46. The first-order valence-electron chi connectivity index (χ1n) is 5.47. The third kappa shape index (κ3) is 3.28. The molecule has 2 aromatic heterocycles. The molecule has 0 amide bonds. The van der Waals surface area contributed by atoms with E-state index in [9.17, 15) is 5.11 Å². The predicted octanol–water partition coefficient (Wildman–Crippen LogP) is 1.91. The normalized spacial score (nSPS) is 14.7. The number of halogens is 1. The van der Waals surface area contributed by atoms with E-state index in [1.165, 1.54) is 0 Å². The second kappa shape index (κ2) is 5.34. The van der Waals surface area contributed by atoms with Crippen molar-refractivity contribution >= 4 is 35.0 Å². The van der Waals surface area contributed by atoms with Gasteiger partial charge in [-0.3, -0.25) is 0 Å². The van der Waals surface area contributed by atoms with Crippen molar-refractivity contribution in [1.82, 2.24) is 14.6 Å². The van der Waals surface area contributed by atoms with Crippen molar-refractivity contribution in [2.75, 3.05) is 23.9 Å². The second-order valence-electron chi connectivity index (χ2n) is 4.37. The molecule has 7 heteroatoms. The summed E-state index contributed by atoms with van der Waals surface area (Å²) in [6, 6.07) is 3.56. The monoisotopic (exact) mass is 286 g/mol. The summed E-state index contributed by atoms with van der Waals surface area (Å²) < 4.78 is 1.61. The summed E-state index contributed by atoms with van der Waals surface area (Å²) in [5.74, 6) is 1.14. The van der Waals surface area contributed by atoms with E-state index in [2.05, 4.69) is 15.4 Å². The quantitative estimate of drug-likeness (QED) is 0.879. The largest absolute Gasteiger partial charge is 0.387 e. The van der Waals surface area contributed by atoms with Crippen LogP contribution in [0.3, 0.4) is 0 Å². The summed E-state index contributed by atoms with van der Waals surface area (Å²) in [6.07, 6.45) is 3.65. The zero-order chi connectivity index (χ0) is 13.2. The number of thioether (sulfide) groups is 1. The minimum absolute atomic E-state index is 0.401. The summed E-state index contributed by atoms with van der Waals surface area (Å²) in [4.78, 5) is 4.28. The molecule has 18 heavy (non-hydrogen) atoms. The van der Waals surface area contributed by atoms with E-state index in [-0.39, 0.29) is 0 Å². The maximum absolute atomic E-state index is 10.0. The van der Waals surface area contributed by atoms with Crippen LogP contribution in [0.25, 0.3) is 5.65 Å². The number of nitrogens with one attached hydrogen (secondary N) is 1. The lowest BCUT2D eigenvalue weighted by molar-refractivity contribution is 0.0995. The molecular weight excluding hydrogens is 272 g/mol. The molecule has 2 heterocycles. The number of anilines is 1. The van der Waals surface area contributed by atoms with E-state index >= 15 is 0 Å². The Labute approximate surface area is 115 Å². The Morgan fingerprint density at radius 1 is 1.56 bits per heavy atom. The van der Waals surface area contributed by atoms with Crippen molar-refractivity contribution in [3.8, 4) is 0 Å². The van der Waals surface area contributed by atoms with Crippen LogP contribution >= 0.6 is 23.4 Å². The zero-order valence-electron chi connectivity index (χ0n) is 10.2. The Morgan fingerprint density at radius 2 is 2.33 bits per heavy atom. The molecule has 0 spiro atoms. The SMILES string of the molecule is CSCC(C)(O)CNc1nc2ccc(Cl)cn2n1. The lowest BCUT2D eigenvalue weighted by Crippen LogP contribution is -2.36. The zero-order valence-corrected chi connectivity index (χ0v) is 11.8. The molecule has 2 N–H and O–H groups in total. The number of aromatic nitrogens is 3. The van der Waals surface area contributed by atoms with E-state index in [0.717, 1.165) is 0 Å². The van der Waals surface area contributed by atoms with E-state index in [1.54, 1.807) is 41.5 Å². The molecule has 0 radical (unpaired) electrons. The van der Waals surface area contributed by atoms with Gasteiger partial charge in [-0.15, -0.1) is 5.10 Å². The van der Waals surface area contributed by atoms with Gasteiger partial charge in [0.1, 0.15) is 0 Å². The molecule has 0 bridgehead atoms. The van der Waals surface area contributed by atoms with Gasteiger partial charge in [-0.05, 0) is 25.3 Å². The standard InChI is InChI=1S/C11H15ClN4OS/c1-11(17,7-18-2)6-13-10-14-9-4-3-8(12)5-16(9)15-10/h3-5,17H,6-7H2,1-2H3,(H,13,15). The summed E-state index contributed by atoms with van der Waals surface area (Å²) in [7, 11) is 0. The first-order valence-corrected chi connectivity index (χ1v) is 7.24. The molecule has 0 aliphatic rings. The number of hydrogen-bond donors (Lipinski definition) is 2. The first-order chi connectivity index (χ1) is 8.50. The Morgan fingerprint density at radius 3 is 3.06 bits per heavy atom. The predicted molar refractivity (Wildman–Crippen MR) is 75.5 cm³/mol. The van der Waals surface area contributed by atoms with Gasteiger partial charge in [-0.2, -0.15) is 16.7 Å². The molecule has 2 aromatic rings. The highest BCUT2D eigenvalue weighted by Crippen LogP contribution is 2.14. The molecule has 0 saturated heterocycles. The Kier molecular flexibility index (Phi) is 3.99. The highest BCUT2D eigenvalue weighted by molar-refractivity contribution is 7.98. The Hall–Kier alpha value is -0.980. The van der Waals surface area contributed by atoms with Crippen LogP contribution in [0.1, 0.15) is 6.92 Å². The van der Waals surface area contributed by atoms with E-state index in [1.807, 2.05) is 6.26 Å². The van der Waals surface area contributed by atoms with Crippen molar-refractivity contribution in [2.45, 2.75) is 12.5 Å². The van der Waals surface area contributed by atoms with E-state index < -0.39 is 5.60 Å². The summed E-state index contributed by atoms with van der Waals surface area (Å²) in [5, 5.41) is 17.9. The van der Waals surface area contributed by atoms with E-state index in [4.69, 9.17) is 11.6 Å². The van der Waals surface area contributed by atoms with Crippen molar-refractivity contribution in [3.63, 3.8) is 0 Å². The number of hydrogen-bond acceptors (Lipinski definition) is 5. The molecule has 0 fully saturated rings. The van der Waals surface area contributed by atoms with E-state index in [0.29, 0.717) is 28.9 Å². The fourth-order valence-corrected chi connectivity index (χ4v) is 2.44. The topological polar surface area (TPSA) is 62.5 Å². The number of nitrogens with zero attached hydrogens (tertiary/aromatic N) is 3. The van der Waals surface area contributed by atoms with Crippen molar-refractivity contribution in [2.24, 2.45) is 0 Å². The Bertz CT molecular complexity index is 543. The number of aliphatic hydroxyl groups is 1. The van der Waals surface area contributed by atoms with Crippen molar-refractivity contribution < 1.29 is 5.11 Å². The van der Waals surface area contributed by atoms with Gasteiger partial charge in [-0.1, -0.05) is 11.6 Å². The molecule has 0 aliphatic heterocycles. The molecule has 0 aromatic carbocycles. The van der Waals surface area contributed by atoms with Crippen LogP contribution in [0.4, 0.5) is 5.95 Å². The fraction of sp³-hybridized carbons (Fsp3) is 0.455. The second-order valence-corrected chi connectivity index (χ2v) is 5.67. The maximum Gasteiger partial charge on any atom is 0.243 e. The van der Waals surface area contributed by atoms with Gasteiger partial charge in [0.05, 0.1) is 10.6 Å². The average molecular weight is 287 g/mol. The Balaban J connectivity index is 2.08. The highest BCUT2D eigenvalue weighted by atomic mass is 35.5. The maximum atomic E-state index is 10.0. The third-order valence-electron chi connectivity index (χ3n) is 2.38. The van der Waals surface area contributed by atoms with Gasteiger partial charge in [0.2, 0.25) is 5.95 Å².